The molecule has 1 atom stereocenters. The smallest absolute Gasteiger partial charge is 0.126 e. The highest BCUT2D eigenvalue weighted by Crippen LogP contribution is 2.48. The number of likely N-dealkylation sites (tertiary alicyclic amines) is 1. The molecule has 3 aromatic carbocycles. The molecule has 8 rings (SSSR count). The summed E-state index contributed by atoms with van der Waals surface area (Å²) < 4.78 is 17.9. The van der Waals surface area contributed by atoms with Crippen molar-refractivity contribution in [3.05, 3.63) is 119 Å². The summed E-state index contributed by atoms with van der Waals surface area (Å²) >= 11 is 1.80. The van der Waals surface area contributed by atoms with Crippen molar-refractivity contribution in [1.29, 1.82) is 0 Å². The molecule has 3 heterocycles. The van der Waals surface area contributed by atoms with E-state index in [1.165, 1.54) is 82.5 Å². The fraction of sp³-hybridized carbons (Fsp3) is 0.460. The lowest BCUT2D eigenvalue weighted by atomic mass is 9.77. The largest absolute Gasteiger partial charge is 0.496 e. The van der Waals surface area contributed by atoms with E-state index in [1.54, 1.807) is 33.1 Å². The molecule has 1 aromatic heterocycles. The zero-order valence-electron chi connectivity index (χ0n) is 35.9. The summed E-state index contributed by atoms with van der Waals surface area (Å²) in [5.41, 5.74) is 11.1. The molecule has 0 radical (unpaired) electrons. The zero-order valence-corrected chi connectivity index (χ0v) is 36.7. The third kappa shape index (κ3) is 9.08. The second-order valence-corrected chi connectivity index (χ2v) is 16.9. The van der Waals surface area contributed by atoms with Gasteiger partial charge in [0.15, 0.2) is 0 Å². The van der Waals surface area contributed by atoms with Crippen molar-refractivity contribution in [2.24, 2.45) is 0 Å². The highest BCUT2D eigenvalue weighted by Gasteiger charge is 2.30. The maximum Gasteiger partial charge on any atom is 0.126 e. The quantitative estimate of drug-likeness (QED) is 0.127. The predicted octanol–water partition coefficient (Wildman–Crippen LogP) is 11.6. The van der Waals surface area contributed by atoms with Crippen LogP contribution in [0.4, 0.5) is 5.69 Å². The van der Waals surface area contributed by atoms with Gasteiger partial charge < -0.3 is 24.4 Å². The standard InChI is InChI=1S/C48H58N4O3S.C2H6/c1-32-42(34-10-6-11-34)25-37(26-44(32)53-2)43-24-33(17-21-49-43)30-51-22-18-39(19-23-51)52(40-15-8-16-41(29-40)56-5)31-36-14-9-20-50-48(36)38-27-45(54-3)47(35-12-7-13-35)46(28-38)55-4;1-2/h8-9,14-17,20-21,24-29,34-35,39,43,49H,6-7,10-13,18-19,22-23,30-31H2,1-5H3;1-2H3. The Morgan fingerprint density at radius 2 is 1.53 bits per heavy atom. The first-order valence-electron chi connectivity index (χ1n) is 21.6. The summed E-state index contributed by atoms with van der Waals surface area (Å²) in [6, 6.07) is 22.9. The first-order chi connectivity index (χ1) is 28.5. The molecule has 3 fully saturated rings. The van der Waals surface area contributed by atoms with Crippen LogP contribution in [0.2, 0.25) is 0 Å². The Bertz CT molecular complexity index is 2040. The zero-order chi connectivity index (χ0) is 40.6. The van der Waals surface area contributed by atoms with Crippen molar-refractivity contribution in [2.45, 2.75) is 107 Å². The predicted molar refractivity (Wildman–Crippen MR) is 242 cm³/mol. The van der Waals surface area contributed by atoms with Gasteiger partial charge in [0, 0.05) is 60.1 Å². The van der Waals surface area contributed by atoms with Crippen molar-refractivity contribution in [3.8, 4) is 28.5 Å². The van der Waals surface area contributed by atoms with Gasteiger partial charge in [-0.15, -0.1) is 11.8 Å². The number of ether oxygens (including phenoxy) is 3. The van der Waals surface area contributed by atoms with Gasteiger partial charge in [-0.3, -0.25) is 9.88 Å². The first-order valence-corrected chi connectivity index (χ1v) is 22.8. The van der Waals surface area contributed by atoms with E-state index in [0.29, 0.717) is 17.9 Å². The molecular weight excluding hydrogens is 737 g/mol. The monoisotopic (exact) mass is 800 g/mol. The van der Waals surface area contributed by atoms with E-state index in [9.17, 15) is 0 Å². The van der Waals surface area contributed by atoms with E-state index >= 15 is 0 Å². The van der Waals surface area contributed by atoms with E-state index in [-0.39, 0.29) is 6.04 Å². The minimum Gasteiger partial charge on any atom is -0.496 e. The molecule has 0 bridgehead atoms. The lowest BCUT2D eigenvalue weighted by Gasteiger charge is -2.40. The molecule has 2 aliphatic heterocycles. The highest BCUT2D eigenvalue weighted by atomic mass is 32.2. The number of pyridine rings is 1. The molecule has 0 spiro atoms. The van der Waals surface area contributed by atoms with Gasteiger partial charge in [-0.1, -0.05) is 51.0 Å². The molecule has 1 saturated heterocycles. The fourth-order valence-electron chi connectivity index (χ4n) is 9.19. The normalized spacial score (nSPS) is 18.5. The van der Waals surface area contributed by atoms with Crippen LogP contribution < -0.4 is 24.4 Å². The number of anilines is 1. The Morgan fingerprint density at radius 3 is 2.17 bits per heavy atom. The first kappa shape index (κ1) is 41.7. The molecule has 2 saturated carbocycles. The molecule has 8 heteroatoms. The van der Waals surface area contributed by atoms with E-state index in [1.807, 2.05) is 20.0 Å². The van der Waals surface area contributed by atoms with Crippen molar-refractivity contribution in [3.63, 3.8) is 0 Å². The molecule has 0 amide bonds. The van der Waals surface area contributed by atoms with Crippen LogP contribution in [0.3, 0.4) is 0 Å². The number of piperidine rings is 1. The van der Waals surface area contributed by atoms with Crippen LogP contribution >= 0.6 is 11.8 Å². The van der Waals surface area contributed by atoms with E-state index < -0.39 is 0 Å². The number of rotatable bonds is 14. The van der Waals surface area contributed by atoms with Gasteiger partial charge >= 0.3 is 0 Å². The van der Waals surface area contributed by atoms with Crippen molar-refractivity contribution in [2.75, 3.05) is 52.1 Å². The minimum absolute atomic E-state index is 0.142. The van der Waals surface area contributed by atoms with E-state index in [0.717, 1.165) is 67.5 Å². The van der Waals surface area contributed by atoms with Gasteiger partial charge in [-0.05, 0) is 146 Å². The number of hydrogen-bond donors (Lipinski definition) is 1. The van der Waals surface area contributed by atoms with Gasteiger partial charge in [0.25, 0.3) is 0 Å². The fourth-order valence-corrected chi connectivity index (χ4v) is 9.65. The van der Waals surface area contributed by atoms with Gasteiger partial charge in [0.05, 0.1) is 33.1 Å². The SMILES string of the molecule is CC.COc1cc(C2C=C(CN3CCC(N(Cc4cccnc4-c4cc(OC)c(C5CCC5)c(OC)c4)c4cccc(SC)c4)CC3)C=CN2)cc(C2CCC2)c1C. The number of aromatic nitrogens is 1. The lowest BCUT2D eigenvalue weighted by Crippen LogP contribution is -2.45. The third-order valence-corrected chi connectivity index (χ3v) is 13.6. The van der Waals surface area contributed by atoms with Gasteiger partial charge in [0.1, 0.15) is 17.2 Å². The van der Waals surface area contributed by atoms with E-state index in [2.05, 4.69) is 107 Å². The summed E-state index contributed by atoms with van der Waals surface area (Å²) in [6.45, 7) is 10.0. The molecule has 2 aliphatic carbocycles. The number of methoxy groups -OCH3 is 3. The summed E-state index contributed by atoms with van der Waals surface area (Å²) in [5, 5.41) is 3.63. The second kappa shape index (κ2) is 19.6. The Morgan fingerprint density at radius 1 is 0.828 bits per heavy atom. The van der Waals surface area contributed by atoms with Crippen molar-refractivity contribution >= 4 is 17.4 Å². The molecule has 58 heavy (non-hydrogen) atoms. The van der Waals surface area contributed by atoms with Gasteiger partial charge in [-0.2, -0.15) is 0 Å². The molecular formula is C50H64N4O3S. The van der Waals surface area contributed by atoms with Gasteiger partial charge in [0.2, 0.25) is 0 Å². The highest BCUT2D eigenvalue weighted by molar-refractivity contribution is 7.98. The van der Waals surface area contributed by atoms with Crippen LogP contribution in [0.15, 0.2) is 95.7 Å². The number of hydrogen-bond acceptors (Lipinski definition) is 8. The molecule has 1 N–H and O–H groups in total. The third-order valence-electron chi connectivity index (χ3n) is 12.9. The average Bonchev–Trinajstić information content (AvgIpc) is 3.23. The number of benzene rings is 3. The van der Waals surface area contributed by atoms with E-state index in [4.69, 9.17) is 19.2 Å². The van der Waals surface area contributed by atoms with Crippen LogP contribution in [0.5, 0.6) is 17.2 Å². The Hall–Kier alpha value is -4.40. The Kier molecular flexibility index (Phi) is 14.1. The summed E-state index contributed by atoms with van der Waals surface area (Å²) in [7, 11) is 5.35. The van der Waals surface area contributed by atoms with Crippen LogP contribution in [0.25, 0.3) is 11.3 Å². The molecule has 7 nitrogen and oxygen atoms in total. The second-order valence-electron chi connectivity index (χ2n) is 16.1. The molecule has 1 unspecified atom stereocenters. The van der Waals surface area contributed by atoms with Crippen LogP contribution in [-0.4, -0.2) is 63.1 Å². The number of nitrogens with one attached hydrogen (secondary N) is 1. The van der Waals surface area contributed by atoms with Gasteiger partial charge in [-0.25, -0.2) is 0 Å². The maximum absolute atomic E-state index is 6.00. The number of dihydropyridines is 1. The lowest BCUT2D eigenvalue weighted by molar-refractivity contribution is 0.224. The summed E-state index contributed by atoms with van der Waals surface area (Å²) in [4.78, 5) is 11.6. The van der Waals surface area contributed by atoms with Crippen LogP contribution in [0.1, 0.15) is 111 Å². The molecule has 4 aliphatic rings. The van der Waals surface area contributed by atoms with Crippen molar-refractivity contribution in [1.82, 2.24) is 15.2 Å². The van der Waals surface area contributed by atoms with Crippen LogP contribution in [-0.2, 0) is 6.54 Å². The Balaban J connectivity index is 0.00000252. The molecule has 4 aromatic rings. The van der Waals surface area contributed by atoms with Crippen LogP contribution in [0, 0.1) is 6.92 Å². The topological polar surface area (TPSA) is 59.1 Å². The average molecular weight is 801 g/mol. The number of nitrogens with zero attached hydrogens (tertiary/aromatic N) is 3. The maximum atomic E-state index is 6.00. The number of thioether (sulfide) groups is 1. The van der Waals surface area contributed by atoms with Crippen molar-refractivity contribution < 1.29 is 14.2 Å². The minimum atomic E-state index is 0.142. The summed E-state index contributed by atoms with van der Waals surface area (Å²) in [5.74, 6) is 3.97. The Labute approximate surface area is 352 Å². The molecule has 308 valence electrons. The summed E-state index contributed by atoms with van der Waals surface area (Å²) in [6.07, 6.45) is 20.6.